The van der Waals surface area contributed by atoms with Crippen molar-refractivity contribution in [3.05, 3.63) is 18.2 Å². The van der Waals surface area contributed by atoms with Crippen LogP contribution in [-0.4, -0.2) is 84.0 Å². The maximum Gasteiger partial charge on any atom is 0.245 e. The van der Waals surface area contributed by atoms with E-state index in [2.05, 4.69) is 8.75 Å². The van der Waals surface area contributed by atoms with Crippen LogP contribution >= 0.6 is 11.7 Å². The Kier molecular flexibility index (Phi) is 5.32. The zero-order valence-corrected chi connectivity index (χ0v) is 15.9. The number of hydrogen-bond donors (Lipinski definition) is 0. The van der Waals surface area contributed by atoms with Crippen LogP contribution in [0.15, 0.2) is 23.1 Å². The van der Waals surface area contributed by atoms with Crippen molar-refractivity contribution in [3.63, 3.8) is 0 Å². The molecule has 0 radical (unpaired) electrons. The lowest BCUT2D eigenvalue weighted by molar-refractivity contribution is -0.129. The molecule has 0 aliphatic carbocycles. The summed E-state index contributed by atoms with van der Waals surface area (Å²) in [5.74, 6) is 0.0228. The summed E-state index contributed by atoms with van der Waals surface area (Å²) in [7, 11) is -0.191. The highest BCUT2D eigenvalue weighted by Crippen LogP contribution is 2.25. The van der Waals surface area contributed by atoms with Gasteiger partial charge in [0, 0.05) is 33.7 Å². The van der Waals surface area contributed by atoms with Crippen molar-refractivity contribution >= 4 is 38.7 Å². The first-order valence-electron chi connectivity index (χ1n) is 8.03. The molecule has 1 aromatic carbocycles. The molecule has 0 N–H and O–H groups in total. The molecule has 8 nitrogen and oxygen atoms in total. The summed E-state index contributed by atoms with van der Waals surface area (Å²) in [6, 6.07) is 5.03. The van der Waals surface area contributed by atoms with Gasteiger partial charge in [-0.3, -0.25) is 9.69 Å². The van der Waals surface area contributed by atoms with Crippen LogP contribution in [0.4, 0.5) is 0 Å². The van der Waals surface area contributed by atoms with Crippen molar-refractivity contribution in [2.45, 2.75) is 11.3 Å². The molecule has 1 aromatic heterocycles. The average molecular weight is 383 g/mol. The van der Waals surface area contributed by atoms with E-state index in [1.54, 1.807) is 37.2 Å². The SMILES string of the molecule is CN(C)C(=O)CN1CCCN(S(=O)(=O)c2cccc3nsnc23)CC1. The van der Waals surface area contributed by atoms with Gasteiger partial charge in [0.25, 0.3) is 0 Å². The van der Waals surface area contributed by atoms with Crippen molar-refractivity contribution in [1.82, 2.24) is 22.9 Å². The highest BCUT2D eigenvalue weighted by Gasteiger charge is 2.29. The van der Waals surface area contributed by atoms with E-state index in [0.717, 1.165) is 11.7 Å². The number of benzene rings is 1. The number of likely N-dealkylation sites (N-methyl/N-ethyl adjacent to an activating group) is 1. The van der Waals surface area contributed by atoms with Gasteiger partial charge in [-0.2, -0.15) is 13.1 Å². The fraction of sp³-hybridized carbons (Fsp3) is 0.533. The Morgan fingerprint density at radius 2 is 2.00 bits per heavy atom. The molecule has 3 rings (SSSR count). The van der Waals surface area contributed by atoms with Gasteiger partial charge in [-0.15, -0.1) is 0 Å². The number of sulfonamides is 1. The van der Waals surface area contributed by atoms with E-state index in [4.69, 9.17) is 0 Å². The maximum atomic E-state index is 13.1. The predicted octanol–water partition coefficient (Wildman–Crippen LogP) is 0.476. The fourth-order valence-corrected chi connectivity index (χ4v) is 5.03. The second-order valence-corrected chi connectivity index (χ2v) is 8.64. The summed E-state index contributed by atoms with van der Waals surface area (Å²) in [5.41, 5.74) is 1.02. The van der Waals surface area contributed by atoms with Gasteiger partial charge < -0.3 is 4.90 Å². The Morgan fingerprint density at radius 3 is 2.76 bits per heavy atom. The third-order valence-corrected chi connectivity index (χ3v) is 6.74. The molecule has 1 aliphatic heterocycles. The van der Waals surface area contributed by atoms with Crippen LogP contribution in [0.5, 0.6) is 0 Å². The Bertz CT molecular complexity index is 865. The Balaban J connectivity index is 1.78. The summed E-state index contributed by atoms with van der Waals surface area (Å²) in [6.45, 7) is 2.34. The molecule has 1 aliphatic rings. The standard InChI is InChI=1S/C15H21N5O3S2/c1-18(2)14(21)11-19-7-4-8-20(10-9-19)25(22,23)13-6-3-5-12-15(13)17-24-16-12/h3,5-6H,4,7-11H2,1-2H3. The quantitative estimate of drug-likeness (QED) is 0.763. The zero-order chi connectivity index (χ0) is 18.0. The smallest absolute Gasteiger partial charge is 0.245 e. The summed E-state index contributed by atoms with van der Waals surface area (Å²) in [6.07, 6.45) is 0.686. The first-order chi connectivity index (χ1) is 11.9. The Morgan fingerprint density at radius 1 is 1.20 bits per heavy atom. The second-order valence-electron chi connectivity index (χ2n) is 6.21. The number of carbonyl (C=O) groups excluding carboxylic acids is 1. The molecular formula is C15H21N5O3S2. The van der Waals surface area contributed by atoms with Crippen molar-refractivity contribution in [2.24, 2.45) is 0 Å². The first kappa shape index (κ1) is 18.2. The van der Waals surface area contributed by atoms with Crippen LogP contribution in [0.25, 0.3) is 11.0 Å². The maximum absolute atomic E-state index is 13.1. The minimum atomic E-state index is -3.63. The number of carbonyl (C=O) groups is 1. The van der Waals surface area contributed by atoms with Gasteiger partial charge in [-0.05, 0) is 25.1 Å². The zero-order valence-electron chi connectivity index (χ0n) is 14.3. The van der Waals surface area contributed by atoms with Crippen LogP contribution in [0.2, 0.25) is 0 Å². The largest absolute Gasteiger partial charge is 0.348 e. The van der Waals surface area contributed by atoms with Gasteiger partial charge in [0.05, 0.1) is 18.3 Å². The van der Waals surface area contributed by atoms with E-state index in [9.17, 15) is 13.2 Å². The van der Waals surface area contributed by atoms with Crippen LogP contribution in [0, 0.1) is 0 Å². The van der Waals surface area contributed by atoms with Crippen molar-refractivity contribution in [3.8, 4) is 0 Å². The van der Waals surface area contributed by atoms with Gasteiger partial charge in [-0.25, -0.2) is 8.42 Å². The molecule has 0 bridgehead atoms. The third kappa shape index (κ3) is 3.81. The minimum absolute atomic E-state index is 0.0228. The lowest BCUT2D eigenvalue weighted by Crippen LogP contribution is -2.39. The monoisotopic (exact) mass is 383 g/mol. The van der Waals surface area contributed by atoms with E-state index < -0.39 is 10.0 Å². The molecule has 136 valence electrons. The average Bonchev–Trinajstić information content (AvgIpc) is 2.93. The Hall–Kier alpha value is -1.62. The van der Waals surface area contributed by atoms with Gasteiger partial charge in [0.2, 0.25) is 15.9 Å². The van der Waals surface area contributed by atoms with Gasteiger partial charge in [0.1, 0.15) is 15.9 Å². The van der Waals surface area contributed by atoms with Crippen LogP contribution in [0.3, 0.4) is 0 Å². The molecule has 0 unspecified atom stereocenters. The second kappa shape index (κ2) is 7.32. The molecule has 1 fully saturated rings. The molecule has 0 saturated carbocycles. The highest BCUT2D eigenvalue weighted by atomic mass is 32.2. The molecular weight excluding hydrogens is 362 g/mol. The molecule has 0 atom stereocenters. The first-order valence-corrected chi connectivity index (χ1v) is 10.2. The number of fused-ring (bicyclic) bond motifs is 1. The van der Waals surface area contributed by atoms with Crippen molar-refractivity contribution in [1.29, 1.82) is 0 Å². The molecule has 25 heavy (non-hydrogen) atoms. The van der Waals surface area contributed by atoms with Crippen molar-refractivity contribution < 1.29 is 13.2 Å². The van der Waals surface area contributed by atoms with Crippen LogP contribution in [0.1, 0.15) is 6.42 Å². The van der Waals surface area contributed by atoms with Gasteiger partial charge in [0.15, 0.2) is 0 Å². The van der Waals surface area contributed by atoms with Gasteiger partial charge >= 0.3 is 0 Å². The summed E-state index contributed by atoms with van der Waals surface area (Å²) >= 11 is 1.01. The lowest BCUT2D eigenvalue weighted by Gasteiger charge is -2.22. The van der Waals surface area contributed by atoms with E-state index in [-0.39, 0.29) is 10.8 Å². The summed E-state index contributed by atoms with van der Waals surface area (Å²) < 4.78 is 35.9. The van der Waals surface area contributed by atoms with Gasteiger partial charge in [-0.1, -0.05) is 6.07 Å². The topological polar surface area (TPSA) is 86.7 Å². The third-order valence-electron chi connectivity index (χ3n) is 4.27. The molecule has 2 heterocycles. The number of amides is 1. The van der Waals surface area contributed by atoms with E-state index in [1.165, 1.54) is 4.31 Å². The van der Waals surface area contributed by atoms with E-state index in [1.807, 2.05) is 4.90 Å². The summed E-state index contributed by atoms with van der Waals surface area (Å²) in [4.78, 5) is 15.6. The molecule has 0 spiro atoms. The molecule has 1 saturated heterocycles. The fourth-order valence-electron chi connectivity index (χ4n) is 2.81. The highest BCUT2D eigenvalue weighted by molar-refractivity contribution is 7.89. The number of rotatable bonds is 4. The Labute approximate surface area is 151 Å². The van der Waals surface area contributed by atoms with E-state index >= 15 is 0 Å². The van der Waals surface area contributed by atoms with Crippen LogP contribution in [-0.2, 0) is 14.8 Å². The minimum Gasteiger partial charge on any atom is -0.348 e. The van der Waals surface area contributed by atoms with Crippen LogP contribution < -0.4 is 0 Å². The molecule has 10 heteroatoms. The van der Waals surface area contributed by atoms with Crippen molar-refractivity contribution in [2.75, 3.05) is 46.8 Å². The molecule has 2 aromatic rings. The number of nitrogens with zero attached hydrogens (tertiary/aromatic N) is 5. The lowest BCUT2D eigenvalue weighted by atomic mass is 10.3. The number of hydrogen-bond acceptors (Lipinski definition) is 7. The molecule has 1 amide bonds. The predicted molar refractivity (Wildman–Crippen MR) is 95.9 cm³/mol. The normalized spacial score (nSPS) is 17.5. The number of aromatic nitrogens is 2. The summed E-state index contributed by atoms with van der Waals surface area (Å²) in [5, 5.41) is 0. The van der Waals surface area contributed by atoms with E-state index in [0.29, 0.717) is 50.2 Å².